The quantitative estimate of drug-likeness (QED) is 0.518. The van der Waals surface area contributed by atoms with Gasteiger partial charge in [-0.1, -0.05) is 11.6 Å². The molecule has 64 valence electrons. The third-order valence-corrected chi connectivity index (χ3v) is 2.12. The Morgan fingerprint density at radius 1 is 1.64 bits per heavy atom. The van der Waals surface area contributed by atoms with Crippen LogP contribution >= 0.6 is 0 Å². The summed E-state index contributed by atoms with van der Waals surface area (Å²) in [5.74, 6) is 0. The molecule has 1 aliphatic rings. The largest absolute Gasteiger partial charge is 0.393 e. The molecule has 0 unspecified atom stereocenters. The Bertz CT molecular complexity index is 170. The van der Waals surface area contributed by atoms with Crippen LogP contribution in [0.5, 0.6) is 0 Å². The zero-order chi connectivity index (χ0) is 8.48. The van der Waals surface area contributed by atoms with E-state index in [0.717, 1.165) is 0 Å². The minimum atomic E-state index is -0.711. The van der Waals surface area contributed by atoms with E-state index in [9.17, 15) is 10.2 Å². The molecule has 1 rings (SSSR count). The van der Waals surface area contributed by atoms with Crippen LogP contribution in [0, 0.1) is 0 Å². The summed E-state index contributed by atoms with van der Waals surface area (Å²) in [6.45, 7) is 3.76. The van der Waals surface area contributed by atoms with E-state index in [2.05, 4.69) is 0 Å². The number of rotatable bonds is 0. The lowest BCUT2D eigenvalue weighted by molar-refractivity contribution is 0.0105. The molecule has 0 aromatic heterocycles. The molecule has 0 bridgehead atoms. The Labute approximate surface area is 67.6 Å². The second-order valence-electron chi connectivity index (χ2n) is 3.81. The molecule has 2 N–H and O–H groups in total. The molecule has 0 aromatic rings. The monoisotopic (exact) mass is 156 g/mol. The minimum Gasteiger partial charge on any atom is -0.393 e. The zero-order valence-corrected chi connectivity index (χ0v) is 7.17. The van der Waals surface area contributed by atoms with Crippen molar-refractivity contribution in [3.63, 3.8) is 0 Å². The highest BCUT2D eigenvalue weighted by molar-refractivity contribution is 5.06. The van der Waals surface area contributed by atoms with Crippen molar-refractivity contribution in [2.75, 3.05) is 0 Å². The van der Waals surface area contributed by atoms with Crippen molar-refractivity contribution in [3.05, 3.63) is 11.6 Å². The lowest BCUT2D eigenvalue weighted by Crippen LogP contribution is -2.27. The molecule has 2 nitrogen and oxygen atoms in total. The van der Waals surface area contributed by atoms with Crippen LogP contribution < -0.4 is 0 Å². The number of hydrogen-bond acceptors (Lipinski definition) is 2. The van der Waals surface area contributed by atoms with Gasteiger partial charge in [0.15, 0.2) is 0 Å². The van der Waals surface area contributed by atoms with Gasteiger partial charge < -0.3 is 10.2 Å². The predicted molar refractivity (Wildman–Crippen MR) is 44.2 cm³/mol. The summed E-state index contributed by atoms with van der Waals surface area (Å²) < 4.78 is 0. The number of aliphatic hydroxyl groups excluding tert-OH is 1. The van der Waals surface area contributed by atoms with E-state index in [1.165, 1.54) is 5.57 Å². The van der Waals surface area contributed by atoms with Gasteiger partial charge in [-0.05, 0) is 26.7 Å². The van der Waals surface area contributed by atoms with Gasteiger partial charge in [0.05, 0.1) is 11.7 Å². The maximum atomic E-state index is 9.64. The molecule has 2 atom stereocenters. The minimum absolute atomic E-state index is 0.372. The van der Waals surface area contributed by atoms with Gasteiger partial charge in [-0.3, -0.25) is 0 Å². The van der Waals surface area contributed by atoms with E-state index in [0.29, 0.717) is 19.3 Å². The molecular weight excluding hydrogens is 140 g/mol. The van der Waals surface area contributed by atoms with E-state index in [-0.39, 0.29) is 6.10 Å². The molecular formula is C9H16O2. The molecule has 0 aromatic carbocycles. The van der Waals surface area contributed by atoms with Crippen LogP contribution in [0.3, 0.4) is 0 Å². The summed E-state index contributed by atoms with van der Waals surface area (Å²) in [7, 11) is 0. The van der Waals surface area contributed by atoms with Gasteiger partial charge in [-0.2, -0.15) is 0 Å². The molecule has 11 heavy (non-hydrogen) atoms. The topological polar surface area (TPSA) is 40.5 Å². The molecule has 0 aliphatic heterocycles. The van der Waals surface area contributed by atoms with Crippen LogP contribution in [0.25, 0.3) is 0 Å². The third kappa shape index (κ3) is 2.64. The number of aliphatic hydroxyl groups is 2. The van der Waals surface area contributed by atoms with Crippen molar-refractivity contribution in [2.24, 2.45) is 0 Å². The van der Waals surface area contributed by atoms with Crippen LogP contribution in [0.2, 0.25) is 0 Å². The first kappa shape index (κ1) is 8.75. The molecule has 0 saturated heterocycles. The summed E-state index contributed by atoms with van der Waals surface area (Å²) in [6, 6.07) is 0. The van der Waals surface area contributed by atoms with Gasteiger partial charge in [0.25, 0.3) is 0 Å². The van der Waals surface area contributed by atoms with E-state index in [1.807, 2.05) is 13.0 Å². The number of hydrogen-bond donors (Lipinski definition) is 2. The summed E-state index contributed by atoms with van der Waals surface area (Å²) in [6.07, 6.45) is 3.49. The molecule has 0 spiro atoms. The SMILES string of the molecule is CC1=CC[C@](C)(O)C[C@@H](O)C1. The fourth-order valence-electron chi connectivity index (χ4n) is 1.51. The van der Waals surface area contributed by atoms with Crippen LogP contribution in [0.4, 0.5) is 0 Å². The van der Waals surface area contributed by atoms with Crippen LogP contribution in [-0.4, -0.2) is 21.9 Å². The van der Waals surface area contributed by atoms with Gasteiger partial charge in [-0.15, -0.1) is 0 Å². The maximum Gasteiger partial charge on any atom is 0.0678 e. The Morgan fingerprint density at radius 3 is 2.91 bits per heavy atom. The van der Waals surface area contributed by atoms with Gasteiger partial charge in [0, 0.05) is 6.42 Å². The maximum absolute atomic E-state index is 9.64. The first-order chi connectivity index (χ1) is 4.99. The molecule has 2 heteroatoms. The Morgan fingerprint density at radius 2 is 2.27 bits per heavy atom. The summed E-state index contributed by atoms with van der Waals surface area (Å²) in [5.41, 5.74) is 0.465. The fraction of sp³-hybridized carbons (Fsp3) is 0.778. The highest BCUT2D eigenvalue weighted by Gasteiger charge is 2.25. The van der Waals surface area contributed by atoms with Gasteiger partial charge in [0.2, 0.25) is 0 Å². The van der Waals surface area contributed by atoms with E-state index < -0.39 is 5.60 Å². The average molecular weight is 156 g/mol. The Hall–Kier alpha value is -0.340. The summed E-state index contributed by atoms with van der Waals surface area (Å²) in [4.78, 5) is 0. The lowest BCUT2D eigenvalue weighted by atomic mass is 9.96. The molecule has 1 aliphatic carbocycles. The van der Waals surface area contributed by atoms with Crippen molar-refractivity contribution in [2.45, 2.75) is 44.8 Å². The van der Waals surface area contributed by atoms with Crippen LogP contribution in [-0.2, 0) is 0 Å². The zero-order valence-electron chi connectivity index (χ0n) is 7.17. The second-order valence-corrected chi connectivity index (χ2v) is 3.81. The van der Waals surface area contributed by atoms with Crippen LogP contribution in [0.15, 0.2) is 11.6 Å². The fourth-order valence-corrected chi connectivity index (χ4v) is 1.51. The predicted octanol–water partition coefficient (Wildman–Crippen LogP) is 1.23. The molecule has 0 radical (unpaired) electrons. The molecule has 0 fully saturated rings. The van der Waals surface area contributed by atoms with Crippen LogP contribution in [0.1, 0.15) is 33.1 Å². The van der Waals surface area contributed by atoms with Gasteiger partial charge >= 0.3 is 0 Å². The van der Waals surface area contributed by atoms with Crippen molar-refractivity contribution < 1.29 is 10.2 Å². The van der Waals surface area contributed by atoms with E-state index in [1.54, 1.807) is 6.92 Å². The third-order valence-electron chi connectivity index (χ3n) is 2.12. The molecule has 0 saturated carbocycles. The van der Waals surface area contributed by atoms with Crippen molar-refractivity contribution >= 4 is 0 Å². The van der Waals surface area contributed by atoms with Crippen molar-refractivity contribution in [1.29, 1.82) is 0 Å². The summed E-state index contributed by atoms with van der Waals surface area (Å²) >= 11 is 0. The molecule has 0 amide bonds. The second kappa shape index (κ2) is 2.95. The highest BCUT2D eigenvalue weighted by atomic mass is 16.3. The van der Waals surface area contributed by atoms with Gasteiger partial charge in [-0.25, -0.2) is 0 Å². The normalized spacial score (nSPS) is 39.6. The smallest absolute Gasteiger partial charge is 0.0678 e. The first-order valence-electron chi connectivity index (χ1n) is 4.06. The van der Waals surface area contributed by atoms with Crippen molar-refractivity contribution in [3.8, 4) is 0 Å². The summed E-state index contributed by atoms with van der Waals surface area (Å²) in [5, 5.41) is 19.0. The standard InChI is InChI=1S/C9H16O2/c1-7-3-4-9(2,11)6-8(10)5-7/h3,8,10-11H,4-6H2,1-2H3/t8-,9-/m0/s1. The van der Waals surface area contributed by atoms with E-state index >= 15 is 0 Å². The van der Waals surface area contributed by atoms with Crippen molar-refractivity contribution in [1.82, 2.24) is 0 Å². The average Bonchev–Trinajstić information content (AvgIpc) is 1.90. The molecule has 0 heterocycles. The Kier molecular flexibility index (Phi) is 2.35. The first-order valence-corrected chi connectivity index (χ1v) is 4.06. The van der Waals surface area contributed by atoms with E-state index in [4.69, 9.17) is 0 Å². The van der Waals surface area contributed by atoms with Gasteiger partial charge in [0.1, 0.15) is 0 Å². The Balaban J connectivity index is 2.67. The lowest BCUT2D eigenvalue weighted by Gasteiger charge is -2.21. The highest BCUT2D eigenvalue weighted by Crippen LogP contribution is 2.25.